The Balaban J connectivity index is 2.94. The van der Waals surface area contributed by atoms with Crippen LogP contribution in [-0.2, 0) is 27.4 Å². The maximum atomic E-state index is 10.5. The van der Waals surface area contributed by atoms with E-state index in [2.05, 4.69) is 20.8 Å². The Bertz CT molecular complexity index is 414. The number of phenolic OH excluding ortho intramolecular Hbond substituents is 1. The van der Waals surface area contributed by atoms with Gasteiger partial charge >= 0.3 is 0 Å². The molecule has 0 aromatic heterocycles. The lowest BCUT2D eigenvalue weighted by Gasteiger charge is -2.18. The average Bonchev–Trinajstić information content (AvgIpc) is 2.55. The Morgan fingerprint density at radius 1 is 0.870 bits per heavy atom. The van der Waals surface area contributed by atoms with Crippen molar-refractivity contribution in [3.8, 4) is 5.75 Å². The van der Waals surface area contributed by atoms with Crippen LogP contribution in [0.1, 0.15) is 69.8 Å². The Morgan fingerprint density at radius 3 is 1.78 bits per heavy atom. The van der Waals surface area contributed by atoms with Crippen molar-refractivity contribution >= 4 is 0 Å². The highest BCUT2D eigenvalue weighted by molar-refractivity contribution is 5.44. The molecule has 1 unspecified atom stereocenters. The van der Waals surface area contributed by atoms with Gasteiger partial charge in [0.05, 0.1) is 19.3 Å². The summed E-state index contributed by atoms with van der Waals surface area (Å²) in [5.41, 5.74) is 2.66. The van der Waals surface area contributed by atoms with Crippen molar-refractivity contribution in [3.63, 3.8) is 0 Å². The highest BCUT2D eigenvalue weighted by atomic mass is 16.5. The molecule has 1 aromatic rings. The fourth-order valence-corrected chi connectivity index (χ4v) is 2.29. The molecule has 4 nitrogen and oxygen atoms in total. The van der Waals surface area contributed by atoms with Crippen LogP contribution in [0.15, 0.2) is 12.1 Å². The minimum Gasteiger partial charge on any atom is -0.507 e. The van der Waals surface area contributed by atoms with E-state index in [9.17, 15) is 5.11 Å². The Labute approximate surface area is 140 Å². The molecule has 0 radical (unpaired) electrons. The number of benzene rings is 1. The van der Waals surface area contributed by atoms with Crippen LogP contribution in [-0.4, -0.2) is 24.9 Å². The average molecular weight is 324 g/mol. The van der Waals surface area contributed by atoms with Crippen LogP contribution < -0.4 is 0 Å². The molecule has 0 aliphatic carbocycles. The molecule has 0 bridgehead atoms. The summed E-state index contributed by atoms with van der Waals surface area (Å²) in [6.07, 6.45) is 2.90. The van der Waals surface area contributed by atoms with Gasteiger partial charge in [-0.3, -0.25) is 0 Å². The zero-order valence-corrected chi connectivity index (χ0v) is 15.1. The normalized spacial score (nSPS) is 12.5. The van der Waals surface area contributed by atoms with Crippen molar-refractivity contribution in [2.45, 2.75) is 66.3 Å². The van der Waals surface area contributed by atoms with Gasteiger partial charge in [-0.1, -0.05) is 20.8 Å². The summed E-state index contributed by atoms with van der Waals surface area (Å²) in [5.74, 6) is 0.281. The molecule has 1 atom stereocenters. The Hall–Kier alpha value is -1.10. The van der Waals surface area contributed by atoms with E-state index in [1.807, 2.05) is 19.1 Å². The number of ether oxygens (including phenoxy) is 3. The van der Waals surface area contributed by atoms with Gasteiger partial charge in [0.2, 0.25) is 0 Å². The zero-order valence-electron chi connectivity index (χ0n) is 15.1. The third-order valence-corrected chi connectivity index (χ3v) is 3.54. The molecular weight excluding hydrogens is 292 g/mol. The fraction of sp³-hybridized carbons (Fsp3) is 0.684. The number of phenols is 1. The monoisotopic (exact) mass is 324 g/mol. The zero-order chi connectivity index (χ0) is 17.1. The van der Waals surface area contributed by atoms with E-state index >= 15 is 0 Å². The van der Waals surface area contributed by atoms with Gasteiger partial charge in [-0.2, -0.15) is 0 Å². The summed E-state index contributed by atoms with van der Waals surface area (Å²) in [4.78, 5) is 0. The highest BCUT2D eigenvalue weighted by Crippen LogP contribution is 2.30. The maximum Gasteiger partial charge on any atom is 0.126 e. The van der Waals surface area contributed by atoms with E-state index in [1.54, 1.807) is 0 Å². The molecule has 0 heterocycles. The van der Waals surface area contributed by atoms with E-state index < -0.39 is 0 Å². The first-order chi connectivity index (χ1) is 11.1. The van der Waals surface area contributed by atoms with Gasteiger partial charge in [0.15, 0.2) is 0 Å². The lowest BCUT2D eigenvalue weighted by Crippen LogP contribution is -2.06. The van der Waals surface area contributed by atoms with Crippen molar-refractivity contribution < 1.29 is 19.3 Å². The van der Waals surface area contributed by atoms with Crippen molar-refractivity contribution in [2.24, 2.45) is 0 Å². The molecular formula is C19H32O4. The second-order valence-corrected chi connectivity index (χ2v) is 5.81. The molecule has 23 heavy (non-hydrogen) atoms. The summed E-state index contributed by atoms with van der Waals surface area (Å²) < 4.78 is 17.0. The molecule has 0 aliphatic rings. The van der Waals surface area contributed by atoms with Crippen molar-refractivity contribution in [1.82, 2.24) is 0 Å². The van der Waals surface area contributed by atoms with Gasteiger partial charge in [0, 0.05) is 30.9 Å². The van der Waals surface area contributed by atoms with Crippen LogP contribution in [0.3, 0.4) is 0 Å². The molecule has 0 saturated heterocycles. The van der Waals surface area contributed by atoms with Gasteiger partial charge < -0.3 is 19.3 Å². The molecule has 132 valence electrons. The van der Waals surface area contributed by atoms with Crippen LogP contribution in [0.4, 0.5) is 0 Å². The first kappa shape index (κ1) is 19.9. The predicted octanol–water partition coefficient (Wildman–Crippen LogP) is 4.73. The lowest BCUT2D eigenvalue weighted by molar-refractivity contribution is 0.0655. The summed E-state index contributed by atoms with van der Waals surface area (Å²) in [7, 11) is 0. The van der Waals surface area contributed by atoms with Gasteiger partial charge in [-0.15, -0.1) is 0 Å². The molecule has 0 fully saturated rings. The molecule has 0 amide bonds. The topological polar surface area (TPSA) is 47.9 Å². The van der Waals surface area contributed by atoms with Crippen LogP contribution >= 0.6 is 0 Å². The largest absolute Gasteiger partial charge is 0.507 e. The maximum absolute atomic E-state index is 10.5. The second-order valence-electron chi connectivity index (χ2n) is 5.81. The highest BCUT2D eigenvalue weighted by Gasteiger charge is 2.14. The molecule has 0 spiro atoms. The van der Waals surface area contributed by atoms with E-state index in [4.69, 9.17) is 14.2 Å². The second kappa shape index (κ2) is 11.4. The van der Waals surface area contributed by atoms with Crippen LogP contribution in [0, 0.1) is 0 Å². The molecule has 0 saturated carbocycles. The summed E-state index contributed by atoms with van der Waals surface area (Å²) in [6, 6.07) is 3.96. The number of hydrogen-bond acceptors (Lipinski definition) is 4. The van der Waals surface area contributed by atoms with E-state index in [0.717, 1.165) is 42.6 Å². The summed E-state index contributed by atoms with van der Waals surface area (Å²) in [5, 5.41) is 10.5. The molecule has 1 aromatic carbocycles. The van der Waals surface area contributed by atoms with E-state index in [1.165, 1.54) is 0 Å². The van der Waals surface area contributed by atoms with E-state index in [0.29, 0.717) is 26.4 Å². The van der Waals surface area contributed by atoms with Crippen molar-refractivity contribution in [2.75, 3.05) is 19.8 Å². The van der Waals surface area contributed by atoms with Crippen molar-refractivity contribution in [1.29, 1.82) is 0 Å². The summed E-state index contributed by atoms with van der Waals surface area (Å²) >= 11 is 0. The van der Waals surface area contributed by atoms with Crippen LogP contribution in [0.5, 0.6) is 5.75 Å². The lowest BCUT2D eigenvalue weighted by atomic mass is 10.0. The minimum atomic E-state index is -0.00889. The molecule has 0 aliphatic heterocycles. The van der Waals surface area contributed by atoms with Crippen LogP contribution in [0.2, 0.25) is 0 Å². The van der Waals surface area contributed by atoms with E-state index in [-0.39, 0.29) is 11.9 Å². The number of hydrogen-bond donors (Lipinski definition) is 1. The first-order valence-electron chi connectivity index (χ1n) is 8.75. The third kappa shape index (κ3) is 6.90. The van der Waals surface area contributed by atoms with Gasteiger partial charge in [0.25, 0.3) is 0 Å². The van der Waals surface area contributed by atoms with Gasteiger partial charge in [-0.05, 0) is 43.9 Å². The standard InChI is InChI=1S/C19H32O4/c1-5-8-21-13-17-11-16(15(4)23-10-7-3)12-18(19(17)20)14-22-9-6-2/h11-12,15,20H,5-10,13-14H2,1-4H3. The smallest absolute Gasteiger partial charge is 0.126 e. The summed E-state index contributed by atoms with van der Waals surface area (Å²) in [6.45, 7) is 11.2. The van der Waals surface area contributed by atoms with Crippen LogP contribution in [0.25, 0.3) is 0 Å². The molecule has 4 heteroatoms. The Kier molecular flexibility index (Phi) is 9.92. The van der Waals surface area contributed by atoms with Gasteiger partial charge in [-0.25, -0.2) is 0 Å². The van der Waals surface area contributed by atoms with Gasteiger partial charge in [0.1, 0.15) is 5.75 Å². The minimum absolute atomic E-state index is 0.00889. The molecule has 1 N–H and O–H groups in total. The SMILES string of the molecule is CCCOCc1cc(C(C)OCCC)cc(COCCC)c1O. The van der Waals surface area contributed by atoms with Crippen molar-refractivity contribution in [3.05, 3.63) is 28.8 Å². The third-order valence-electron chi connectivity index (χ3n) is 3.54. The molecule has 1 rings (SSSR count). The fourth-order valence-electron chi connectivity index (χ4n) is 2.29. The Morgan fingerprint density at radius 2 is 1.35 bits per heavy atom. The first-order valence-corrected chi connectivity index (χ1v) is 8.75. The number of aromatic hydroxyl groups is 1. The quantitative estimate of drug-likeness (QED) is 0.565. The predicted molar refractivity (Wildman–Crippen MR) is 92.7 cm³/mol. The number of rotatable bonds is 12.